The van der Waals surface area contributed by atoms with Gasteiger partial charge in [-0.3, -0.25) is 0 Å². The summed E-state index contributed by atoms with van der Waals surface area (Å²) in [4.78, 5) is 17.1. The average Bonchev–Trinajstić information content (AvgIpc) is 3.20. The number of aryl methyl sites for hydroxylation is 1. The van der Waals surface area contributed by atoms with Crippen molar-refractivity contribution in [2.75, 3.05) is 19.8 Å². The minimum absolute atomic E-state index is 0.322. The highest BCUT2D eigenvalue weighted by Gasteiger charge is 2.25. The number of hydrogen-bond donors (Lipinski definition) is 0. The minimum atomic E-state index is -0.348. The Hall–Kier alpha value is -2.99. The first-order valence-corrected chi connectivity index (χ1v) is 10.6. The maximum Gasteiger partial charge on any atom is 0.330 e. The lowest BCUT2D eigenvalue weighted by Crippen LogP contribution is -2.16. The molecule has 4 rings (SSSR count). The Labute approximate surface area is 176 Å². The van der Waals surface area contributed by atoms with Crippen molar-refractivity contribution < 1.29 is 14.3 Å². The van der Waals surface area contributed by atoms with Crippen LogP contribution in [-0.2, 0) is 20.8 Å². The van der Waals surface area contributed by atoms with E-state index in [2.05, 4.69) is 24.2 Å². The average molecular weight is 405 g/mol. The summed E-state index contributed by atoms with van der Waals surface area (Å²) in [5.74, 6) is -0.0261. The SMILES string of the molecule is CCOC(=O)/C=C/c1c(-c2ccccc2)nc2c(cnn2CC)c1C1CCOCC1. The number of nitrogens with zero attached hydrogens (tertiary/aromatic N) is 3. The molecule has 0 spiro atoms. The fourth-order valence-corrected chi connectivity index (χ4v) is 4.11. The third-order valence-corrected chi connectivity index (χ3v) is 5.51. The first-order valence-electron chi connectivity index (χ1n) is 10.6. The largest absolute Gasteiger partial charge is 0.463 e. The van der Waals surface area contributed by atoms with E-state index in [1.807, 2.05) is 35.2 Å². The summed E-state index contributed by atoms with van der Waals surface area (Å²) in [7, 11) is 0. The van der Waals surface area contributed by atoms with Crippen molar-refractivity contribution >= 4 is 23.1 Å². The van der Waals surface area contributed by atoms with Crippen molar-refractivity contribution in [1.29, 1.82) is 0 Å². The molecular weight excluding hydrogens is 378 g/mol. The van der Waals surface area contributed by atoms with E-state index >= 15 is 0 Å². The predicted octanol–water partition coefficient (Wildman–Crippen LogP) is 4.59. The molecule has 3 aromatic rings. The van der Waals surface area contributed by atoms with Gasteiger partial charge in [-0.2, -0.15) is 5.10 Å². The molecule has 1 aliphatic heterocycles. The van der Waals surface area contributed by atoms with Crippen molar-refractivity contribution in [2.45, 2.75) is 39.2 Å². The van der Waals surface area contributed by atoms with Gasteiger partial charge >= 0.3 is 5.97 Å². The second-order valence-electron chi connectivity index (χ2n) is 7.32. The molecule has 0 bridgehead atoms. The molecule has 1 aliphatic rings. The summed E-state index contributed by atoms with van der Waals surface area (Å²) in [5, 5.41) is 5.63. The van der Waals surface area contributed by atoms with Gasteiger partial charge in [-0.05, 0) is 44.2 Å². The van der Waals surface area contributed by atoms with Gasteiger partial charge in [-0.25, -0.2) is 14.5 Å². The zero-order valence-electron chi connectivity index (χ0n) is 17.5. The third-order valence-electron chi connectivity index (χ3n) is 5.51. The van der Waals surface area contributed by atoms with Crippen LogP contribution in [0.25, 0.3) is 28.4 Å². The van der Waals surface area contributed by atoms with E-state index in [1.165, 1.54) is 11.6 Å². The van der Waals surface area contributed by atoms with E-state index in [4.69, 9.17) is 14.5 Å². The number of pyridine rings is 1. The number of ether oxygens (including phenoxy) is 2. The summed E-state index contributed by atoms with van der Waals surface area (Å²) in [5.41, 5.74) is 4.92. The molecule has 2 aromatic heterocycles. The van der Waals surface area contributed by atoms with Crippen molar-refractivity contribution in [3.05, 3.63) is 53.7 Å². The lowest BCUT2D eigenvalue weighted by Gasteiger charge is -2.26. The summed E-state index contributed by atoms with van der Waals surface area (Å²) in [6, 6.07) is 10.1. The second-order valence-corrected chi connectivity index (χ2v) is 7.32. The Morgan fingerprint density at radius 3 is 2.70 bits per heavy atom. The van der Waals surface area contributed by atoms with Gasteiger partial charge in [-0.1, -0.05) is 30.3 Å². The number of rotatable bonds is 6. The number of hydrogen-bond acceptors (Lipinski definition) is 5. The Balaban J connectivity index is 1.98. The van der Waals surface area contributed by atoms with Gasteiger partial charge in [0.15, 0.2) is 5.65 Å². The predicted molar refractivity (Wildman–Crippen MR) is 117 cm³/mol. The molecule has 1 fully saturated rings. The van der Waals surface area contributed by atoms with E-state index in [1.54, 1.807) is 6.92 Å². The first-order chi connectivity index (χ1) is 14.7. The number of benzene rings is 1. The minimum Gasteiger partial charge on any atom is -0.463 e. The highest BCUT2D eigenvalue weighted by molar-refractivity contribution is 5.94. The number of esters is 1. The molecule has 0 atom stereocenters. The smallest absolute Gasteiger partial charge is 0.330 e. The Morgan fingerprint density at radius 1 is 1.23 bits per heavy atom. The molecule has 3 heterocycles. The number of fused-ring (bicyclic) bond motifs is 1. The monoisotopic (exact) mass is 405 g/mol. The molecule has 1 saturated heterocycles. The fourth-order valence-electron chi connectivity index (χ4n) is 4.11. The van der Waals surface area contributed by atoms with E-state index in [0.29, 0.717) is 12.5 Å². The van der Waals surface area contributed by atoms with Crippen LogP contribution in [0.3, 0.4) is 0 Å². The molecule has 156 valence electrons. The lowest BCUT2D eigenvalue weighted by molar-refractivity contribution is -0.137. The van der Waals surface area contributed by atoms with E-state index in [0.717, 1.165) is 60.5 Å². The quantitative estimate of drug-likeness (QED) is 0.443. The summed E-state index contributed by atoms with van der Waals surface area (Å²) >= 11 is 0. The molecule has 0 saturated carbocycles. The standard InChI is InChI=1S/C24H27N3O3/c1-3-27-24-20(16-25-27)22(17-12-14-29-15-13-17)19(10-11-21(28)30-4-2)23(26-24)18-8-6-5-7-9-18/h5-11,16-17H,3-4,12-15H2,1-2H3/b11-10+. The molecule has 0 unspecified atom stereocenters. The summed E-state index contributed by atoms with van der Waals surface area (Å²) in [6.45, 7) is 6.44. The Bertz CT molecular complexity index is 1050. The Kier molecular flexibility index (Phi) is 6.23. The van der Waals surface area contributed by atoms with Crippen molar-refractivity contribution in [3.63, 3.8) is 0 Å². The van der Waals surface area contributed by atoms with Gasteiger partial charge in [0, 0.05) is 42.3 Å². The highest BCUT2D eigenvalue weighted by atomic mass is 16.5. The summed E-state index contributed by atoms with van der Waals surface area (Å²) < 4.78 is 12.7. The van der Waals surface area contributed by atoms with Crippen molar-refractivity contribution in [3.8, 4) is 11.3 Å². The van der Waals surface area contributed by atoms with Crippen LogP contribution in [0.15, 0.2) is 42.6 Å². The molecule has 6 heteroatoms. The van der Waals surface area contributed by atoms with Gasteiger partial charge in [0.05, 0.1) is 18.5 Å². The van der Waals surface area contributed by atoms with Crippen LogP contribution in [0.1, 0.15) is 43.7 Å². The van der Waals surface area contributed by atoms with Gasteiger partial charge in [0.2, 0.25) is 0 Å². The topological polar surface area (TPSA) is 66.2 Å². The molecular formula is C24H27N3O3. The molecule has 0 N–H and O–H groups in total. The normalized spacial score (nSPS) is 15.1. The van der Waals surface area contributed by atoms with Crippen LogP contribution < -0.4 is 0 Å². The van der Waals surface area contributed by atoms with Crippen LogP contribution in [0.5, 0.6) is 0 Å². The number of aromatic nitrogens is 3. The maximum absolute atomic E-state index is 12.1. The van der Waals surface area contributed by atoms with Crippen molar-refractivity contribution in [1.82, 2.24) is 14.8 Å². The molecule has 0 aliphatic carbocycles. The maximum atomic E-state index is 12.1. The number of carbonyl (C=O) groups is 1. The summed E-state index contributed by atoms with van der Waals surface area (Å²) in [6.07, 6.45) is 7.15. The van der Waals surface area contributed by atoms with Crippen LogP contribution in [0.2, 0.25) is 0 Å². The molecule has 30 heavy (non-hydrogen) atoms. The zero-order chi connectivity index (χ0) is 20.9. The Morgan fingerprint density at radius 2 is 2.00 bits per heavy atom. The first kappa shape index (κ1) is 20.3. The zero-order valence-corrected chi connectivity index (χ0v) is 17.5. The second kappa shape index (κ2) is 9.22. The fraction of sp³-hybridized carbons (Fsp3) is 0.375. The van der Waals surface area contributed by atoms with Gasteiger partial charge in [0.25, 0.3) is 0 Å². The van der Waals surface area contributed by atoms with Gasteiger partial charge in [0.1, 0.15) is 0 Å². The third kappa shape index (κ3) is 4.00. The lowest BCUT2D eigenvalue weighted by atomic mass is 9.85. The van der Waals surface area contributed by atoms with E-state index < -0.39 is 0 Å². The van der Waals surface area contributed by atoms with Gasteiger partial charge < -0.3 is 9.47 Å². The van der Waals surface area contributed by atoms with Crippen LogP contribution in [0.4, 0.5) is 0 Å². The van der Waals surface area contributed by atoms with Crippen molar-refractivity contribution in [2.24, 2.45) is 0 Å². The molecule has 0 amide bonds. The molecule has 1 aromatic carbocycles. The number of carbonyl (C=O) groups excluding carboxylic acids is 1. The van der Waals surface area contributed by atoms with E-state index in [-0.39, 0.29) is 5.97 Å². The molecule has 6 nitrogen and oxygen atoms in total. The molecule has 0 radical (unpaired) electrons. The van der Waals surface area contributed by atoms with Crippen LogP contribution >= 0.6 is 0 Å². The van der Waals surface area contributed by atoms with Gasteiger partial charge in [-0.15, -0.1) is 0 Å². The van der Waals surface area contributed by atoms with E-state index in [9.17, 15) is 4.79 Å². The van der Waals surface area contributed by atoms with Crippen LogP contribution in [0, 0.1) is 0 Å². The highest BCUT2D eigenvalue weighted by Crippen LogP contribution is 2.39. The van der Waals surface area contributed by atoms with Crippen LogP contribution in [-0.4, -0.2) is 40.6 Å².